The van der Waals surface area contributed by atoms with Gasteiger partial charge in [0, 0.05) is 11.3 Å². The lowest BCUT2D eigenvalue weighted by Crippen LogP contribution is -2.32. The van der Waals surface area contributed by atoms with E-state index in [2.05, 4.69) is 159 Å². The lowest BCUT2D eigenvalue weighted by Gasteiger charge is -2.26. The van der Waals surface area contributed by atoms with Crippen LogP contribution in [0.25, 0.3) is 11.1 Å². The molecule has 4 atom stereocenters. The van der Waals surface area contributed by atoms with Crippen LogP contribution in [0, 0.1) is 0 Å². The van der Waals surface area contributed by atoms with Crippen LogP contribution in [0.3, 0.4) is 0 Å². The van der Waals surface area contributed by atoms with Crippen molar-refractivity contribution in [1.29, 1.82) is 0 Å². The molecule has 4 unspecified atom stereocenters. The highest BCUT2D eigenvalue weighted by Crippen LogP contribution is 2.41. The number of benzene rings is 4. The van der Waals surface area contributed by atoms with Crippen molar-refractivity contribution in [2.24, 2.45) is 5.73 Å². The minimum absolute atomic E-state index is 0.121. The SMILES string of the molecule is CC(N)(/C=C(\c1ccccc1)C(P)c1ccccc1)/C=C(\c1ccccc1)C(P)c1ccccc1. The topological polar surface area (TPSA) is 26.0 Å². The molecular weight excluding hydrogens is 460 g/mol. The normalized spacial score (nSPS) is 15.8. The first-order valence-electron chi connectivity index (χ1n) is 11.9. The lowest BCUT2D eigenvalue weighted by molar-refractivity contribution is 0.734. The minimum atomic E-state index is -0.677. The summed E-state index contributed by atoms with van der Waals surface area (Å²) in [7, 11) is 6.04. The molecule has 0 saturated carbocycles. The molecule has 4 aromatic rings. The predicted octanol–water partition coefficient (Wildman–Crippen LogP) is 8.10. The fraction of sp³-hybridized carbons (Fsp3) is 0.125. The number of rotatable bonds is 8. The van der Waals surface area contributed by atoms with E-state index in [4.69, 9.17) is 5.73 Å². The van der Waals surface area contributed by atoms with Crippen molar-refractivity contribution in [2.45, 2.75) is 23.8 Å². The quantitative estimate of drug-likeness (QED) is 0.247. The molecular formula is C32H33NP2. The van der Waals surface area contributed by atoms with Gasteiger partial charge in [0.05, 0.1) is 5.54 Å². The zero-order valence-electron chi connectivity index (χ0n) is 20.1. The van der Waals surface area contributed by atoms with Gasteiger partial charge < -0.3 is 5.73 Å². The Hall–Kier alpha value is -2.82. The molecule has 0 aliphatic carbocycles. The third-order valence-corrected chi connectivity index (χ3v) is 7.62. The zero-order chi connectivity index (χ0) is 24.7. The first-order valence-corrected chi connectivity index (χ1v) is 13.2. The fourth-order valence-electron chi connectivity index (χ4n) is 4.36. The number of hydrogen-bond acceptors (Lipinski definition) is 1. The maximum Gasteiger partial charge on any atom is 0.0508 e. The van der Waals surface area contributed by atoms with Crippen molar-refractivity contribution in [2.75, 3.05) is 0 Å². The largest absolute Gasteiger partial charge is 0.319 e. The van der Waals surface area contributed by atoms with E-state index < -0.39 is 5.54 Å². The van der Waals surface area contributed by atoms with Gasteiger partial charge >= 0.3 is 0 Å². The Morgan fingerprint density at radius 2 is 0.857 bits per heavy atom. The Bertz CT molecular complexity index is 1160. The zero-order valence-corrected chi connectivity index (χ0v) is 22.4. The molecule has 0 aliphatic heterocycles. The maximum absolute atomic E-state index is 7.05. The molecule has 0 heterocycles. The van der Waals surface area contributed by atoms with Gasteiger partial charge in [-0.3, -0.25) is 0 Å². The number of nitrogens with two attached hydrogens (primary N) is 1. The second-order valence-corrected chi connectivity index (χ2v) is 10.4. The molecule has 1 nitrogen and oxygen atoms in total. The van der Waals surface area contributed by atoms with Crippen LogP contribution in [0.2, 0.25) is 0 Å². The predicted molar refractivity (Wildman–Crippen MR) is 159 cm³/mol. The molecule has 0 fully saturated rings. The second kappa shape index (κ2) is 11.7. The molecule has 3 heteroatoms. The molecule has 0 amide bonds. The van der Waals surface area contributed by atoms with Gasteiger partial charge in [-0.25, -0.2) is 0 Å². The summed E-state index contributed by atoms with van der Waals surface area (Å²) in [6, 6.07) is 42.2. The Morgan fingerprint density at radius 1 is 0.571 bits per heavy atom. The second-order valence-electron chi connectivity index (χ2n) is 9.07. The Morgan fingerprint density at radius 3 is 1.17 bits per heavy atom. The Kier molecular flexibility index (Phi) is 8.48. The Balaban J connectivity index is 1.82. The highest BCUT2D eigenvalue weighted by Gasteiger charge is 2.23. The van der Waals surface area contributed by atoms with E-state index in [0.717, 1.165) is 0 Å². The van der Waals surface area contributed by atoms with Crippen molar-refractivity contribution >= 4 is 29.6 Å². The molecule has 2 N–H and O–H groups in total. The van der Waals surface area contributed by atoms with Crippen LogP contribution in [-0.2, 0) is 0 Å². The van der Waals surface area contributed by atoms with Gasteiger partial charge in [0.1, 0.15) is 0 Å². The van der Waals surface area contributed by atoms with Crippen LogP contribution in [0.4, 0.5) is 0 Å². The average molecular weight is 494 g/mol. The first-order chi connectivity index (χ1) is 16.9. The van der Waals surface area contributed by atoms with Crippen molar-refractivity contribution in [1.82, 2.24) is 0 Å². The van der Waals surface area contributed by atoms with Crippen molar-refractivity contribution in [3.05, 3.63) is 156 Å². The van der Waals surface area contributed by atoms with E-state index in [9.17, 15) is 0 Å². The molecule has 0 saturated heterocycles. The Labute approximate surface area is 214 Å². The minimum Gasteiger partial charge on any atom is -0.319 e. The van der Waals surface area contributed by atoms with Crippen LogP contribution >= 0.6 is 18.5 Å². The average Bonchev–Trinajstić information content (AvgIpc) is 2.92. The third kappa shape index (κ3) is 6.65. The van der Waals surface area contributed by atoms with Gasteiger partial charge in [-0.15, -0.1) is 18.5 Å². The van der Waals surface area contributed by atoms with Crippen molar-refractivity contribution in [3.8, 4) is 0 Å². The molecule has 0 bridgehead atoms. The summed E-state index contributed by atoms with van der Waals surface area (Å²) < 4.78 is 0. The van der Waals surface area contributed by atoms with E-state index >= 15 is 0 Å². The van der Waals surface area contributed by atoms with Gasteiger partial charge in [0.25, 0.3) is 0 Å². The molecule has 0 radical (unpaired) electrons. The smallest absolute Gasteiger partial charge is 0.0508 e. The molecule has 176 valence electrons. The van der Waals surface area contributed by atoms with Crippen LogP contribution in [0.1, 0.15) is 40.5 Å². The third-order valence-electron chi connectivity index (χ3n) is 6.13. The standard InChI is InChI=1S/C32H33NP2/c1-32(33,22-28(24-14-6-2-7-15-24)30(34)26-18-10-4-11-19-26)23-29(25-16-8-3-9-17-25)31(35)27-20-12-5-13-21-27/h2-23,30-31H,33-35H2,1H3/b28-22+,29-23+. The van der Waals surface area contributed by atoms with Gasteiger partial charge in [-0.05, 0) is 40.3 Å². The molecule has 4 aromatic carbocycles. The van der Waals surface area contributed by atoms with Gasteiger partial charge in [0.2, 0.25) is 0 Å². The van der Waals surface area contributed by atoms with E-state index in [1.54, 1.807) is 0 Å². The summed E-state index contributed by atoms with van der Waals surface area (Å²) in [5.41, 5.74) is 13.8. The highest BCUT2D eigenvalue weighted by atomic mass is 31.0. The van der Waals surface area contributed by atoms with Crippen LogP contribution < -0.4 is 5.73 Å². The molecule has 0 spiro atoms. The van der Waals surface area contributed by atoms with Crippen molar-refractivity contribution < 1.29 is 0 Å². The molecule has 0 aromatic heterocycles. The summed E-state index contributed by atoms with van der Waals surface area (Å²) in [6.45, 7) is 2.09. The molecule has 4 rings (SSSR count). The van der Waals surface area contributed by atoms with Crippen molar-refractivity contribution in [3.63, 3.8) is 0 Å². The monoisotopic (exact) mass is 493 g/mol. The summed E-state index contributed by atoms with van der Waals surface area (Å²) >= 11 is 0. The van der Waals surface area contributed by atoms with Crippen LogP contribution in [0.5, 0.6) is 0 Å². The fourth-order valence-corrected chi connectivity index (χ4v) is 5.38. The van der Waals surface area contributed by atoms with E-state index in [1.165, 1.54) is 33.4 Å². The number of hydrogen-bond donors (Lipinski definition) is 1. The van der Waals surface area contributed by atoms with Crippen LogP contribution in [0.15, 0.2) is 133 Å². The highest BCUT2D eigenvalue weighted by molar-refractivity contribution is 7.18. The lowest BCUT2D eigenvalue weighted by atomic mass is 9.87. The van der Waals surface area contributed by atoms with Gasteiger partial charge in [-0.2, -0.15) is 0 Å². The summed E-state index contributed by atoms with van der Waals surface area (Å²) in [6.07, 6.45) is 4.44. The van der Waals surface area contributed by atoms with Crippen LogP contribution in [-0.4, -0.2) is 5.54 Å². The number of allylic oxidation sites excluding steroid dienone is 2. The van der Waals surface area contributed by atoms with E-state index in [-0.39, 0.29) is 11.3 Å². The van der Waals surface area contributed by atoms with E-state index in [0.29, 0.717) is 0 Å². The molecule has 0 aliphatic rings. The first kappa shape index (κ1) is 25.3. The summed E-state index contributed by atoms with van der Waals surface area (Å²) in [4.78, 5) is 0. The van der Waals surface area contributed by atoms with E-state index in [1.807, 2.05) is 0 Å². The van der Waals surface area contributed by atoms with Gasteiger partial charge in [-0.1, -0.05) is 133 Å². The van der Waals surface area contributed by atoms with Gasteiger partial charge in [0.15, 0.2) is 0 Å². The molecule has 35 heavy (non-hydrogen) atoms. The summed E-state index contributed by atoms with van der Waals surface area (Å²) in [5.74, 6) is 0. The summed E-state index contributed by atoms with van der Waals surface area (Å²) in [5, 5.41) is 0. The maximum atomic E-state index is 7.05.